The van der Waals surface area contributed by atoms with Crippen LogP contribution in [0.25, 0.3) is 6.08 Å². The zero-order valence-electron chi connectivity index (χ0n) is 10.2. The van der Waals surface area contributed by atoms with Gasteiger partial charge in [-0.1, -0.05) is 12.7 Å². The van der Waals surface area contributed by atoms with E-state index in [1.807, 2.05) is 0 Å². The molecule has 0 saturated heterocycles. The monoisotopic (exact) mass is 360 g/mol. The van der Waals surface area contributed by atoms with Crippen LogP contribution in [0.2, 0.25) is 0 Å². The maximum absolute atomic E-state index is 12.8. The van der Waals surface area contributed by atoms with Gasteiger partial charge in [-0.3, -0.25) is 0 Å². The quantitative estimate of drug-likeness (QED) is 0.710. The highest BCUT2D eigenvalue weighted by atomic mass is 79.9. The Hall–Kier alpha value is -1.31. The Kier molecular flexibility index (Phi) is 5.01. The molecule has 0 saturated carbocycles. The molecule has 0 aromatic heterocycles. The lowest BCUT2D eigenvalue weighted by molar-refractivity contribution is -0.290. The predicted molar refractivity (Wildman–Crippen MR) is 67.3 cm³/mol. The van der Waals surface area contributed by atoms with E-state index in [1.54, 1.807) is 6.07 Å². The van der Waals surface area contributed by atoms with Crippen LogP contribution in [0.3, 0.4) is 0 Å². The number of rotatable bonds is 5. The molecule has 0 bridgehead atoms. The maximum Gasteiger partial charge on any atom is 0.456 e. The maximum atomic E-state index is 12.8. The van der Waals surface area contributed by atoms with Gasteiger partial charge in [-0.2, -0.15) is 22.0 Å². The van der Waals surface area contributed by atoms with E-state index >= 15 is 0 Å². The average Bonchev–Trinajstić information content (AvgIpc) is 2.35. The molecule has 0 amide bonds. The Morgan fingerprint density at radius 3 is 2.30 bits per heavy atom. The first-order valence-corrected chi connectivity index (χ1v) is 5.99. The zero-order chi connectivity index (χ0) is 15.6. The van der Waals surface area contributed by atoms with Gasteiger partial charge < -0.3 is 9.47 Å². The second-order valence-electron chi connectivity index (χ2n) is 3.70. The van der Waals surface area contributed by atoms with Gasteiger partial charge in [0.2, 0.25) is 0 Å². The van der Waals surface area contributed by atoms with Crippen molar-refractivity contribution in [3.63, 3.8) is 0 Å². The fourth-order valence-corrected chi connectivity index (χ4v) is 1.85. The van der Waals surface area contributed by atoms with E-state index in [0.29, 0.717) is 5.56 Å². The summed E-state index contributed by atoms with van der Waals surface area (Å²) in [6, 6.07) is 2.92. The minimum atomic E-state index is -5.68. The standard InChI is InChI=1S/C12H10BrF5O2/c1-3-7-4-5-8(19-2)10(9(7)13)20-6-11(14,15)12(16,17)18/h3-5H,1,6H2,2H3. The van der Waals surface area contributed by atoms with Gasteiger partial charge in [-0.05, 0) is 33.6 Å². The Morgan fingerprint density at radius 2 is 1.85 bits per heavy atom. The molecule has 112 valence electrons. The molecular formula is C12H10BrF5O2. The van der Waals surface area contributed by atoms with Crippen LogP contribution < -0.4 is 9.47 Å². The molecular weight excluding hydrogens is 351 g/mol. The van der Waals surface area contributed by atoms with E-state index in [4.69, 9.17) is 4.74 Å². The van der Waals surface area contributed by atoms with Crippen LogP contribution in [0.15, 0.2) is 23.2 Å². The molecule has 0 aliphatic carbocycles. The molecule has 1 aromatic carbocycles. The van der Waals surface area contributed by atoms with Gasteiger partial charge in [0.15, 0.2) is 18.1 Å². The van der Waals surface area contributed by atoms with Crippen LogP contribution in [-0.2, 0) is 0 Å². The molecule has 0 spiro atoms. The second kappa shape index (κ2) is 5.99. The van der Waals surface area contributed by atoms with Crippen molar-refractivity contribution in [3.8, 4) is 11.5 Å². The van der Waals surface area contributed by atoms with Crippen molar-refractivity contribution in [1.82, 2.24) is 0 Å². The van der Waals surface area contributed by atoms with E-state index in [9.17, 15) is 22.0 Å². The van der Waals surface area contributed by atoms with Crippen molar-refractivity contribution in [2.24, 2.45) is 0 Å². The van der Waals surface area contributed by atoms with E-state index in [1.165, 1.54) is 19.3 Å². The van der Waals surface area contributed by atoms with Crippen molar-refractivity contribution in [1.29, 1.82) is 0 Å². The van der Waals surface area contributed by atoms with Gasteiger partial charge in [-0.15, -0.1) is 0 Å². The third kappa shape index (κ3) is 3.41. The highest BCUT2D eigenvalue weighted by Crippen LogP contribution is 2.41. The summed E-state index contributed by atoms with van der Waals surface area (Å²) in [7, 11) is 1.24. The molecule has 0 fully saturated rings. The van der Waals surface area contributed by atoms with Gasteiger partial charge in [0.05, 0.1) is 11.6 Å². The molecule has 0 atom stereocenters. The highest BCUT2D eigenvalue weighted by Gasteiger charge is 2.58. The first kappa shape index (κ1) is 16.7. The van der Waals surface area contributed by atoms with Crippen LogP contribution in [0.1, 0.15) is 5.56 Å². The topological polar surface area (TPSA) is 18.5 Å². The molecule has 20 heavy (non-hydrogen) atoms. The minimum Gasteiger partial charge on any atom is -0.493 e. The van der Waals surface area contributed by atoms with E-state index in [2.05, 4.69) is 27.2 Å². The average molecular weight is 361 g/mol. The summed E-state index contributed by atoms with van der Waals surface area (Å²) in [6.07, 6.45) is -4.29. The van der Waals surface area contributed by atoms with Crippen molar-refractivity contribution in [2.75, 3.05) is 13.7 Å². The third-order valence-electron chi connectivity index (χ3n) is 2.34. The fourth-order valence-electron chi connectivity index (χ4n) is 1.25. The molecule has 8 heteroatoms. The number of benzene rings is 1. The van der Waals surface area contributed by atoms with Crippen LogP contribution in [-0.4, -0.2) is 25.8 Å². The lowest BCUT2D eigenvalue weighted by atomic mass is 10.2. The third-order valence-corrected chi connectivity index (χ3v) is 3.16. The highest BCUT2D eigenvalue weighted by molar-refractivity contribution is 9.10. The Bertz CT molecular complexity index is 499. The summed E-state index contributed by atoms with van der Waals surface area (Å²) in [5.41, 5.74) is 0.469. The van der Waals surface area contributed by atoms with Gasteiger partial charge in [0, 0.05) is 0 Å². The van der Waals surface area contributed by atoms with Gasteiger partial charge in [0.1, 0.15) is 0 Å². The van der Waals surface area contributed by atoms with Crippen LogP contribution in [0, 0.1) is 0 Å². The zero-order valence-corrected chi connectivity index (χ0v) is 11.8. The smallest absolute Gasteiger partial charge is 0.456 e. The first-order valence-electron chi connectivity index (χ1n) is 5.20. The molecule has 0 aliphatic rings. The largest absolute Gasteiger partial charge is 0.493 e. The number of halogens is 6. The van der Waals surface area contributed by atoms with Crippen molar-refractivity contribution in [2.45, 2.75) is 12.1 Å². The number of methoxy groups -OCH3 is 1. The van der Waals surface area contributed by atoms with Gasteiger partial charge in [0.25, 0.3) is 0 Å². The summed E-state index contributed by atoms with van der Waals surface area (Å²) in [5, 5.41) is 0. The van der Waals surface area contributed by atoms with Crippen LogP contribution in [0.5, 0.6) is 11.5 Å². The summed E-state index contributed by atoms with van der Waals surface area (Å²) in [4.78, 5) is 0. The Labute approximate surface area is 120 Å². The Balaban J connectivity index is 3.06. The first-order chi connectivity index (χ1) is 9.14. The van der Waals surface area contributed by atoms with E-state index in [0.717, 1.165) is 0 Å². The number of hydrogen-bond acceptors (Lipinski definition) is 2. The lowest BCUT2D eigenvalue weighted by Gasteiger charge is -2.21. The molecule has 0 heterocycles. The molecule has 1 rings (SSSR count). The molecule has 0 radical (unpaired) electrons. The molecule has 0 aliphatic heterocycles. The minimum absolute atomic E-state index is 0.0282. The lowest BCUT2D eigenvalue weighted by Crippen LogP contribution is -2.41. The number of hydrogen-bond donors (Lipinski definition) is 0. The van der Waals surface area contributed by atoms with Gasteiger partial charge >= 0.3 is 12.1 Å². The Morgan fingerprint density at radius 1 is 1.25 bits per heavy atom. The van der Waals surface area contributed by atoms with Crippen LogP contribution in [0.4, 0.5) is 22.0 Å². The van der Waals surface area contributed by atoms with E-state index < -0.39 is 18.7 Å². The molecule has 2 nitrogen and oxygen atoms in total. The van der Waals surface area contributed by atoms with E-state index in [-0.39, 0.29) is 16.0 Å². The SMILES string of the molecule is C=Cc1ccc(OC)c(OCC(F)(F)C(F)(F)F)c1Br. The normalized spacial score (nSPS) is 12.2. The van der Waals surface area contributed by atoms with Crippen molar-refractivity contribution in [3.05, 3.63) is 28.7 Å². The molecule has 0 N–H and O–H groups in total. The van der Waals surface area contributed by atoms with Crippen molar-refractivity contribution < 1.29 is 31.4 Å². The van der Waals surface area contributed by atoms with Crippen molar-refractivity contribution >= 4 is 22.0 Å². The van der Waals surface area contributed by atoms with Crippen LogP contribution >= 0.6 is 15.9 Å². The van der Waals surface area contributed by atoms with Gasteiger partial charge in [-0.25, -0.2) is 0 Å². The summed E-state index contributed by atoms with van der Waals surface area (Å²) < 4.78 is 71.6. The molecule has 0 unspecified atom stereocenters. The second-order valence-corrected chi connectivity index (χ2v) is 4.49. The summed E-state index contributed by atoms with van der Waals surface area (Å²) in [6.45, 7) is 1.64. The number of ether oxygens (including phenoxy) is 2. The summed E-state index contributed by atoms with van der Waals surface area (Å²) in [5.74, 6) is -5.17. The summed E-state index contributed by atoms with van der Waals surface area (Å²) >= 11 is 3.05. The molecule has 1 aromatic rings. The predicted octanol–water partition coefficient (Wildman–Crippen LogP) is 4.68. The fraction of sp³-hybridized carbons (Fsp3) is 0.333. The number of alkyl halides is 5.